The summed E-state index contributed by atoms with van der Waals surface area (Å²) in [7, 11) is 0. The fourth-order valence-corrected chi connectivity index (χ4v) is 2.12. The third-order valence-corrected chi connectivity index (χ3v) is 3.21. The number of hydrogen-bond acceptors (Lipinski definition) is 4. The number of morpholine rings is 1. The van der Waals surface area contributed by atoms with Crippen molar-refractivity contribution in [1.82, 2.24) is 10.3 Å². The fourth-order valence-electron chi connectivity index (χ4n) is 2.12. The van der Waals surface area contributed by atoms with Gasteiger partial charge in [-0.2, -0.15) is 0 Å². The highest BCUT2D eigenvalue weighted by atomic mass is 16.5. The number of nitrogens with one attached hydrogen (secondary N) is 1. The monoisotopic (exact) mass is 227 g/mol. The molecule has 0 aromatic heterocycles. The highest BCUT2D eigenvalue weighted by molar-refractivity contribution is 4.82. The normalized spacial score (nSPS) is 24.2. The van der Waals surface area contributed by atoms with Crippen LogP contribution in [0.25, 0.3) is 0 Å². The Bertz CT molecular complexity index is 199. The fraction of sp³-hybridized carbons (Fsp3) is 0.833. The Labute approximate surface area is 98.8 Å². The second-order valence-corrected chi connectivity index (χ2v) is 4.30. The first kappa shape index (κ1) is 13.6. The number of hydrogen-bond donors (Lipinski definition) is 2. The molecule has 2 atom stereocenters. The summed E-state index contributed by atoms with van der Waals surface area (Å²) in [5, 5.41) is 0. The molecule has 0 aliphatic carbocycles. The highest BCUT2D eigenvalue weighted by Gasteiger charge is 2.26. The largest absolute Gasteiger partial charge is 0.374 e. The molecule has 0 spiro atoms. The van der Waals surface area contributed by atoms with Crippen molar-refractivity contribution < 1.29 is 4.74 Å². The summed E-state index contributed by atoms with van der Waals surface area (Å²) in [6, 6.07) is 0.259. The molecule has 1 saturated heterocycles. The Morgan fingerprint density at radius 2 is 2.50 bits per heavy atom. The first-order chi connectivity index (χ1) is 7.81. The molecular weight excluding hydrogens is 202 g/mol. The van der Waals surface area contributed by atoms with E-state index in [1.54, 1.807) is 0 Å². The predicted molar refractivity (Wildman–Crippen MR) is 67.0 cm³/mol. The maximum atomic E-state index is 5.78. The van der Waals surface area contributed by atoms with E-state index >= 15 is 0 Å². The predicted octanol–water partition coefficient (Wildman–Crippen LogP) is 0.895. The van der Waals surface area contributed by atoms with E-state index in [-0.39, 0.29) is 12.1 Å². The van der Waals surface area contributed by atoms with Crippen LogP contribution in [-0.2, 0) is 4.74 Å². The first-order valence-electron chi connectivity index (χ1n) is 6.22. The van der Waals surface area contributed by atoms with E-state index in [4.69, 9.17) is 10.6 Å². The third kappa shape index (κ3) is 4.22. The van der Waals surface area contributed by atoms with Crippen LogP contribution in [0.1, 0.15) is 26.2 Å². The molecule has 0 amide bonds. The smallest absolute Gasteiger partial charge is 0.0868 e. The van der Waals surface area contributed by atoms with Gasteiger partial charge in [0.2, 0.25) is 0 Å². The van der Waals surface area contributed by atoms with E-state index in [1.165, 1.54) is 0 Å². The minimum atomic E-state index is 0.225. The summed E-state index contributed by atoms with van der Waals surface area (Å²) in [5.74, 6) is 5.60. The molecular formula is C12H25N3O. The SMILES string of the molecule is C=CCCCC(NN)C1CN(CC)CCO1. The summed E-state index contributed by atoms with van der Waals surface area (Å²) < 4.78 is 5.78. The number of ether oxygens (including phenoxy) is 1. The molecule has 16 heavy (non-hydrogen) atoms. The van der Waals surface area contributed by atoms with Gasteiger partial charge in [-0.05, 0) is 25.8 Å². The van der Waals surface area contributed by atoms with Crippen molar-refractivity contribution in [2.24, 2.45) is 5.84 Å². The summed E-state index contributed by atoms with van der Waals surface area (Å²) in [6.45, 7) is 9.84. The van der Waals surface area contributed by atoms with Crippen molar-refractivity contribution in [3.63, 3.8) is 0 Å². The van der Waals surface area contributed by atoms with Gasteiger partial charge >= 0.3 is 0 Å². The summed E-state index contributed by atoms with van der Waals surface area (Å²) in [6.07, 6.45) is 5.38. The number of nitrogens with two attached hydrogens (primary N) is 1. The van der Waals surface area contributed by atoms with Gasteiger partial charge in [0.25, 0.3) is 0 Å². The van der Waals surface area contributed by atoms with Gasteiger partial charge in [-0.1, -0.05) is 13.0 Å². The first-order valence-corrected chi connectivity index (χ1v) is 6.22. The van der Waals surface area contributed by atoms with Crippen LogP contribution in [0.2, 0.25) is 0 Å². The number of likely N-dealkylation sites (N-methyl/N-ethyl adjacent to an activating group) is 1. The van der Waals surface area contributed by atoms with E-state index in [0.717, 1.165) is 45.5 Å². The highest BCUT2D eigenvalue weighted by Crippen LogP contribution is 2.13. The molecule has 4 nitrogen and oxygen atoms in total. The Hall–Kier alpha value is -0.420. The van der Waals surface area contributed by atoms with Gasteiger partial charge < -0.3 is 4.74 Å². The molecule has 0 aromatic rings. The van der Waals surface area contributed by atoms with Crippen molar-refractivity contribution in [2.45, 2.75) is 38.3 Å². The van der Waals surface area contributed by atoms with Crippen LogP contribution in [0.5, 0.6) is 0 Å². The molecule has 4 heteroatoms. The third-order valence-electron chi connectivity index (χ3n) is 3.21. The average Bonchev–Trinajstić information content (AvgIpc) is 2.35. The van der Waals surface area contributed by atoms with Crippen LogP contribution in [-0.4, -0.2) is 43.3 Å². The van der Waals surface area contributed by atoms with Crippen molar-refractivity contribution in [2.75, 3.05) is 26.2 Å². The molecule has 0 aromatic carbocycles. The minimum Gasteiger partial charge on any atom is -0.374 e. The molecule has 1 heterocycles. The summed E-state index contributed by atoms with van der Waals surface area (Å²) in [4.78, 5) is 2.41. The minimum absolute atomic E-state index is 0.225. The van der Waals surface area contributed by atoms with Crippen LogP contribution in [0.3, 0.4) is 0 Å². The van der Waals surface area contributed by atoms with Crippen molar-refractivity contribution >= 4 is 0 Å². The number of hydrazine groups is 1. The topological polar surface area (TPSA) is 50.5 Å². The van der Waals surface area contributed by atoms with Crippen LogP contribution in [0, 0.1) is 0 Å². The van der Waals surface area contributed by atoms with Gasteiger partial charge in [0, 0.05) is 19.1 Å². The number of unbranched alkanes of at least 4 members (excludes halogenated alkanes) is 1. The lowest BCUT2D eigenvalue weighted by molar-refractivity contribution is -0.0464. The Balaban J connectivity index is 2.35. The zero-order valence-corrected chi connectivity index (χ0v) is 10.3. The zero-order valence-electron chi connectivity index (χ0n) is 10.3. The number of rotatable bonds is 7. The average molecular weight is 227 g/mol. The van der Waals surface area contributed by atoms with E-state index < -0.39 is 0 Å². The van der Waals surface area contributed by atoms with Gasteiger partial charge in [0.15, 0.2) is 0 Å². The Kier molecular flexibility index (Phi) is 6.64. The van der Waals surface area contributed by atoms with Crippen LogP contribution >= 0.6 is 0 Å². The second kappa shape index (κ2) is 7.79. The van der Waals surface area contributed by atoms with Gasteiger partial charge in [0.05, 0.1) is 12.7 Å². The summed E-state index contributed by atoms with van der Waals surface area (Å²) in [5.41, 5.74) is 2.89. The van der Waals surface area contributed by atoms with Gasteiger partial charge in [0.1, 0.15) is 0 Å². The lowest BCUT2D eigenvalue weighted by Crippen LogP contribution is -2.53. The molecule has 1 aliphatic rings. The maximum absolute atomic E-state index is 5.78. The molecule has 3 N–H and O–H groups in total. The van der Waals surface area contributed by atoms with E-state index in [9.17, 15) is 0 Å². The molecule has 1 fully saturated rings. The van der Waals surface area contributed by atoms with Gasteiger partial charge in [-0.15, -0.1) is 6.58 Å². The van der Waals surface area contributed by atoms with Gasteiger partial charge in [-0.25, -0.2) is 0 Å². The molecule has 1 rings (SSSR count). The van der Waals surface area contributed by atoms with E-state index in [1.807, 2.05) is 6.08 Å². The Morgan fingerprint density at radius 3 is 3.12 bits per heavy atom. The van der Waals surface area contributed by atoms with E-state index in [0.29, 0.717) is 0 Å². The van der Waals surface area contributed by atoms with Crippen molar-refractivity contribution in [3.8, 4) is 0 Å². The standard InChI is InChI=1S/C12H25N3O/c1-3-5-6-7-11(14-13)12-10-15(4-2)8-9-16-12/h3,11-12,14H,1,4-10,13H2,2H3. The van der Waals surface area contributed by atoms with E-state index in [2.05, 4.69) is 23.8 Å². The second-order valence-electron chi connectivity index (χ2n) is 4.30. The van der Waals surface area contributed by atoms with Crippen molar-refractivity contribution in [3.05, 3.63) is 12.7 Å². The lowest BCUT2D eigenvalue weighted by Gasteiger charge is -2.36. The molecule has 0 saturated carbocycles. The van der Waals surface area contributed by atoms with Crippen LogP contribution in [0.15, 0.2) is 12.7 Å². The number of allylic oxidation sites excluding steroid dienone is 1. The van der Waals surface area contributed by atoms with Crippen molar-refractivity contribution in [1.29, 1.82) is 0 Å². The quantitative estimate of drug-likeness (QED) is 0.294. The van der Waals surface area contributed by atoms with Crippen LogP contribution in [0.4, 0.5) is 0 Å². The van der Waals surface area contributed by atoms with Crippen LogP contribution < -0.4 is 11.3 Å². The molecule has 2 unspecified atom stereocenters. The number of nitrogens with zero attached hydrogens (tertiary/aromatic N) is 1. The summed E-state index contributed by atoms with van der Waals surface area (Å²) >= 11 is 0. The maximum Gasteiger partial charge on any atom is 0.0868 e. The van der Waals surface area contributed by atoms with Gasteiger partial charge in [-0.3, -0.25) is 16.2 Å². The molecule has 0 radical (unpaired) electrons. The molecule has 94 valence electrons. The molecule has 1 aliphatic heterocycles. The molecule has 0 bridgehead atoms. The lowest BCUT2D eigenvalue weighted by atomic mass is 10.0. The zero-order chi connectivity index (χ0) is 11.8. The Morgan fingerprint density at radius 1 is 1.69 bits per heavy atom.